The zero-order valence-electron chi connectivity index (χ0n) is 13.6. The summed E-state index contributed by atoms with van der Waals surface area (Å²) in [6.45, 7) is 3.40. The van der Waals surface area contributed by atoms with Gasteiger partial charge in [-0.05, 0) is 42.3 Å². The highest BCUT2D eigenvalue weighted by molar-refractivity contribution is 6.08. The number of aromatic nitrogens is 2. The summed E-state index contributed by atoms with van der Waals surface area (Å²) in [5, 5.41) is 2.65. The van der Waals surface area contributed by atoms with Crippen molar-refractivity contribution >= 4 is 28.4 Å². The van der Waals surface area contributed by atoms with Crippen molar-refractivity contribution in [3.8, 4) is 11.8 Å². The number of anilines is 1. The van der Waals surface area contributed by atoms with Crippen LogP contribution in [0.5, 0.6) is 0 Å². The number of fused-ring (bicyclic) bond motifs is 1. The van der Waals surface area contributed by atoms with Gasteiger partial charge in [0.05, 0.1) is 11.0 Å². The van der Waals surface area contributed by atoms with Gasteiger partial charge in [-0.15, -0.1) is 0 Å². The van der Waals surface area contributed by atoms with Crippen molar-refractivity contribution in [2.45, 2.75) is 0 Å². The van der Waals surface area contributed by atoms with E-state index in [2.05, 4.69) is 28.7 Å². The zero-order chi connectivity index (χ0) is 17.8. The van der Waals surface area contributed by atoms with Crippen molar-refractivity contribution in [2.75, 3.05) is 5.32 Å². The second-order valence-corrected chi connectivity index (χ2v) is 5.34. The van der Waals surface area contributed by atoms with Gasteiger partial charge in [0.15, 0.2) is 5.82 Å². The molecule has 0 saturated heterocycles. The lowest BCUT2D eigenvalue weighted by Gasteiger charge is -2.01. The molecule has 0 unspecified atom stereocenters. The number of ketones is 1. The largest absolute Gasteiger partial charge is 0.324 e. The average molecular weight is 329 g/mol. The van der Waals surface area contributed by atoms with Crippen LogP contribution in [-0.4, -0.2) is 21.2 Å². The summed E-state index contributed by atoms with van der Waals surface area (Å²) < 4.78 is 1.73. The van der Waals surface area contributed by atoms with E-state index < -0.39 is 0 Å². The summed E-state index contributed by atoms with van der Waals surface area (Å²) in [5.74, 6) is 5.05. The molecule has 3 rings (SSSR count). The second kappa shape index (κ2) is 6.85. The minimum atomic E-state index is -0.362. The molecule has 25 heavy (non-hydrogen) atoms. The van der Waals surface area contributed by atoms with E-state index in [1.165, 1.54) is 6.08 Å². The van der Waals surface area contributed by atoms with E-state index in [-0.39, 0.29) is 11.7 Å². The van der Waals surface area contributed by atoms with Crippen LogP contribution in [0.1, 0.15) is 16.2 Å². The molecule has 122 valence electrons. The maximum atomic E-state index is 12.4. The molecule has 0 aliphatic carbocycles. The van der Waals surface area contributed by atoms with Crippen LogP contribution in [0, 0.1) is 11.8 Å². The Morgan fingerprint density at radius 2 is 2.00 bits per heavy atom. The fourth-order valence-corrected chi connectivity index (χ4v) is 2.40. The van der Waals surface area contributed by atoms with Gasteiger partial charge in [-0.3, -0.25) is 9.59 Å². The van der Waals surface area contributed by atoms with E-state index in [0.29, 0.717) is 17.1 Å². The summed E-state index contributed by atoms with van der Waals surface area (Å²) in [7, 11) is 1.79. The number of carbonyl (C=O) groups is 2. The molecule has 1 amide bonds. The van der Waals surface area contributed by atoms with Gasteiger partial charge < -0.3 is 9.88 Å². The predicted molar refractivity (Wildman–Crippen MR) is 97.2 cm³/mol. The summed E-state index contributed by atoms with van der Waals surface area (Å²) in [6.07, 6.45) is 1.19. The first-order valence-electron chi connectivity index (χ1n) is 7.60. The number of para-hydroxylation sites is 2. The predicted octanol–water partition coefficient (Wildman–Crippen LogP) is 2.93. The molecule has 0 atom stereocenters. The van der Waals surface area contributed by atoms with Crippen LogP contribution < -0.4 is 5.32 Å². The first kappa shape index (κ1) is 16.2. The van der Waals surface area contributed by atoms with Crippen molar-refractivity contribution in [3.63, 3.8) is 0 Å². The highest BCUT2D eigenvalue weighted by atomic mass is 16.1. The quantitative estimate of drug-likeness (QED) is 0.456. The standard InChI is InChI=1S/C20H15N3O2/c1-3-19(25)21-15-8-6-7-14(13-15)11-12-18(24)20-22-16-9-4-5-10-17(16)23(20)2/h3-10,13H,1H2,2H3,(H,21,25). The number of carbonyl (C=O) groups excluding carboxylic acids is 2. The third-order valence-electron chi connectivity index (χ3n) is 3.63. The van der Waals surface area contributed by atoms with Gasteiger partial charge in [-0.2, -0.15) is 0 Å². The Labute approximate surface area is 145 Å². The molecule has 5 heteroatoms. The van der Waals surface area contributed by atoms with Crippen LogP contribution in [0.4, 0.5) is 5.69 Å². The molecule has 1 N–H and O–H groups in total. The van der Waals surface area contributed by atoms with Gasteiger partial charge in [0, 0.05) is 18.3 Å². The van der Waals surface area contributed by atoms with Gasteiger partial charge in [-0.1, -0.05) is 30.7 Å². The Balaban J connectivity index is 1.86. The lowest BCUT2D eigenvalue weighted by molar-refractivity contribution is -0.111. The van der Waals surface area contributed by atoms with E-state index >= 15 is 0 Å². The summed E-state index contributed by atoms with van der Waals surface area (Å²) in [6, 6.07) is 14.5. The lowest BCUT2D eigenvalue weighted by Crippen LogP contribution is -2.07. The summed E-state index contributed by atoms with van der Waals surface area (Å²) >= 11 is 0. The average Bonchev–Trinajstić information content (AvgIpc) is 2.97. The molecule has 3 aromatic rings. The van der Waals surface area contributed by atoms with Crippen molar-refractivity contribution in [1.82, 2.24) is 9.55 Å². The normalized spacial score (nSPS) is 9.96. The first-order chi connectivity index (χ1) is 12.1. The van der Waals surface area contributed by atoms with Crippen LogP contribution in [0.15, 0.2) is 61.2 Å². The molecule has 0 spiro atoms. The summed E-state index contributed by atoms with van der Waals surface area (Å²) in [5.41, 5.74) is 2.84. The maximum absolute atomic E-state index is 12.4. The molecule has 0 bridgehead atoms. The van der Waals surface area contributed by atoms with Crippen molar-refractivity contribution in [3.05, 3.63) is 72.6 Å². The Morgan fingerprint density at radius 3 is 2.76 bits per heavy atom. The third-order valence-corrected chi connectivity index (χ3v) is 3.63. The molecule has 0 fully saturated rings. The Morgan fingerprint density at radius 1 is 1.20 bits per heavy atom. The maximum Gasteiger partial charge on any atom is 0.271 e. The van der Waals surface area contributed by atoms with Crippen molar-refractivity contribution < 1.29 is 9.59 Å². The van der Waals surface area contributed by atoms with Crippen LogP contribution >= 0.6 is 0 Å². The monoisotopic (exact) mass is 329 g/mol. The molecule has 1 aromatic heterocycles. The van der Waals surface area contributed by atoms with Crippen LogP contribution in [0.3, 0.4) is 0 Å². The van der Waals surface area contributed by atoms with Crippen LogP contribution in [0.25, 0.3) is 11.0 Å². The lowest BCUT2D eigenvalue weighted by atomic mass is 10.2. The van der Waals surface area contributed by atoms with E-state index in [1.54, 1.807) is 35.9 Å². The number of hydrogen-bond donors (Lipinski definition) is 1. The number of nitrogens with one attached hydrogen (secondary N) is 1. The van der Waals surface area contributed by atoms with Gasteiger partial charge in [0.1, 0.15) is 0 Å². The molecule has 0 aliphatic rings. The minimum Gasteiger partial charge on any atom is -0.324 e. The molecule has 1 heterocycles. The number of aryl methyl sites for hydroxylation is 1. The molecule has 5 nitrogen and oxygen atoms in total. The first-order valence-corrected chi connectivity index (χ1v) is 7.60. The molecular weight excluding hydrogens is 314 g/mol. The molecule has 0 aliphatic heterocycles. The smallest absolute Gasteiger partial charge is 0.271 e. The number of imidazole rings is 1. The van der Waals surface area contributed by atoms with Crippen molar-refractivity contribution in [2.24, 2.45) is 7.05 Å². The number of benzene rings is 2. The Bertz CT molecular complexity index is 1050. The van der Waals surface area contributed by atoms with Gasteiger partial charge in [-0.25, -0.2) is 4.98 Å². The topological polar surface area (TPSA) is 64.0 Å². The second-order valence-electron chi connectivity index (χ2n) is 5.34. The van der Waals surface area contributed by atoms with Crippen molar-refractivity contribution in [1.29, 1.82) is 0 Å². The van der Waals surface area contributed by atoms with Gasteiger partial charge in [0.2, 0.25) is 5.91 Å². The fourth-order valence-electron chi connectivity index (χ4n) is 2.40. The van der Waals surface area contributed by atoms with E-state index in [1.807, 2.05) is 24.3 Å². The minimum absolute atomic E-state index is 0.296. The Kier molecular flexibility index (Phi) is 4.44. The number of nitrogens with zero attached hydrogens (tertiary/aromatic N) is 2. The van der Waals surface area contributed by atoms with Crippen LogP contribution in [-0.2, 0) is 11.8 Å². The van der Waals surface area contributed by atoms with Gasteiger partial charge in [0.25, 0.3) is 5.78 Å². The number of hydrogen-bond acceptors (Lipinski definition) is 3. The van der Waals surface area contributed by atoms with Crippen LogP contribution in [0.2, 0.25) is 0 Å². The molecule has 0 radical (unpaired) electrons. The van der Waals surface area contributed by atoms with E-state index in [0.717, 1.165) is 11.0 Å². The highest BCUT2D eigenvalue weighted by Crippen LogP contribution is 2.14. The highest BCUT2D eigenvalue weighted by Gasteiger charge is 2.12. The SMILES string of the molecule is C=CC(=O)Nc1cccc(C#CC(=O)c2nc3ccccc3n2C)c1. The molecule has 0 saturated carbocycles. The molecular formula is C20H15N3O2. The zero-order valence-corrected chi connectivity index (χ0v) is 13.6. The summed E-state index contributed by atoms with van der Waals surface area (Å²) in [4.78, 5) is 28.0. The number of amides is 1. The van der Waals surface area contributed by atoms with E-state index in [4.69, 9.17) is 0 Å². The molecule has 2 aromatic carbocycles. The Hall–Kier alpha value is -3.65. The fraction of sp³-hybridized carbons (Fsp3) is 0.0500. The number of Topliss-reactive ketones (excluding diaryl/α,β-unsaturated/α-hetero) is 1. The van der Waals surface area contributed by atoms with E-state index in [9.17, 15) is 9.59 Å². The van der Waals surface area contributed by atoms with Gasteiger partial charge >= 0.3 is 0 Å². The number of rotatable bonds is 3. The third kappa shape index (κ3) is 3.48.